The van der Waals surface area contributed by atoms with Crippen LogP contribution in [0.15, 0.2) is 24.3 Å². The number of hydrogen-bond donors (Lipinski definition) is 1. The number of nitrogens with zero attached hydrogens (tertiary/aromatic N) is 2. The fourth-order valence-electron chi connectivity index (χ4n) is 2.38. The summed E-state index contributed by atoms with van der Waals surface area (Å²) in [6.07, 6.45) is 2.58. The van der Waals surface area contributed by atoms with Gasteiger partial charge in [-0.3, -0.25) is 0 Å². The van der Waals surface area contributed by atoms with Gasteiger partial charge in [-0.15, -0.1) is 10.2 Å². The summed E-state index contributed by atoms with van der Waals surface area (Å²) in [5.74, 6) is 1.56. The van der Waals surface area contributed by atoms with Crippen molar-refractivity contribution in [3.05, 3.63) is 29.4 Å². The van der Waals surface area contributed by atoms with Gasteiger partial charge in [-0.05, 0) is 32.6 Å². The van der Waals surface area contributed by atoms with E-state index < -0.39 is 0 Å². The fourth-order valence-corrected chi connectivity index (χ4v) is 2.58. The first-order chi connectivity index (χ1) is 8.58. The predicted octanol–water partition coefficient (Wildman–Crippen LogP) is 3.88. The highest BCUT2D eigenvalue weighted by atomic mass is 35.5. The molecule has 0 radical (unpaired) electrons. The van der Waals surface area contributed by atoms with Gasteiger partial charge in [0.25, 0.3) is 0 Å². The van der Waals surface area contributed by atoms with Crippen molar-refractivity contribution in [1.82, 2.24) is 10.2 Å². The number of aromatic nitrogens is 2. The molecule has 0 spiro atoms. The van der Waals surface area contributed by atoms with Crippen molar-refractivity contribution in [2.24, 2.45) is 5.92 Å². The Morgan fingerprint density at radius 2 is 1.83 bits per heavy atom. The summed E-state index contributed by atoms with van der Waals surface area (Å²) in [5.41, 5.74) is 0.0608. The summed E-state index contributed by atoms with van der Waals surface area (Å²) in [6, 6.07) is 7.96. The number of fused-ring (bicyclic) bond motifs is 1. The number of rotatable bonds is 3. The Bertz CT molecular complexity index is 591. The molecule has 1 heterocycles. The van der Waals surface area contributed by atoms with Crippen molar-refractivity contribution in [1.29, 1.82) is 0 Å². The maximum Gasteiger partial charge on any atom is 0.159 e. The lowest BCUT2D eigenvalue weighted by Crippen LogP contribution is -2.33. The van der Waals surface area contributed by atoms with Crippen LogP contribution in [0.3, 0.4) is 0 Å². The second-order valence-electron chi connectivity index (χ2n) is 5.51. The van der Waals surface area contributed by atoms with E-state index in [4.69, 9.17) is 11.6 Å². The first-order valence-electron chi connectivity index (χ1n) is 6.27. The fraction of sp³-hybridized carbons (Fsp3) is 0.429. The second kappa shape index (κ2) is 4.09. The third-order valence-corrected chi connectivity index (χ3v) is 3.96. The van der Waals surface area contributed by atoms with Crippen LogP contribution in [0.4, 0.5) is 5.82 Å². The summed E-state index contributed by atoms with van der Waals surface area (Å²) in [6.45, 7) is 4.44. The van der Waals surface area contributed by atoms with Gasteiger partial charge in [-0.1, -0.05) is 35.9 Å². The third kappa shape index (κ3) is 2.03. The second-order valence-corrected chi connectivity index (χ2v) is 5.86. The number of hydrogen-bond acceptors (Lipinski definition) is 3. The Labute approximate surface area is 112 Å². The van der Waals surface area contributed by atoms with E-state index in [-0.39, 0.29) is 5.54 Å². The molecule has 18 heavy (non-hydrogen) atoms. The Hall–Kier alpha value is -1.35. The Balaban J connectivity index is 2.04. The quantitative estimate of drug-likeness (QED) is 0.911. The van der Waals surface area contributed by atoms with E-state index in [1.54, 1.807) is 0 Å². The Kier molecular flexibility index (Phi) is 2.67. The molecule has 1 aromatic carbocycles. The van der Waals surface area contributed by atoms with Gasteiger partial charge in [0, 0.05) is 16.3 Å². The van der Waals surface area contributed by atoms with Gasteiger partial charge in [0.1, 0.15) is 0 Å². The van der Waals surface area contributed by atoms with Crippen molar-refractivity contribution in [2.75, 3.05) is 5.32 Å². The molecule has 1 aliphatic rings. The molecular weight excluding hydrogens is 246 g/mol. The highest BCUT2D eigenvalue weighted by Crippen LogP contribution is 2.41. The van der Waals surface area contributed by atoms with E-state index in [0.717, 1.165) is 22.5 Å². The standard InChI is InChI=1S/C14H16ClN3/c1-14(2,9-7-8-9)16-13-11-6-4-3-5-10(11)12(15)17-18-13/h3-6,9H,7-8H2,1-2H3,(H,16,18). The van der Waals surface area contributed by atoms with Crippen LogP contribution < -0.4 is 5.32 Å². The zero-order chi connectivity index (χ0) is 12.8. The van der Waals surface area contributed by atoms with Gasteiger partial charge in [0.2, 0.25) is 0 Å². The van der Waals surface area contributed by atoms with Gasteiger partial charge in [-0.25, -0.2) is 0 Å². The maximum absolute atomic E-state index is 6.07. The van der Waals surface area contributed by atoms with Crippen LogP contribution in [-0.2, 0) is 0 Å². The lowest BCUT2D eigenvalue weighted by atomic mass is 9.98. The summed E-state index contributed by atoms with van der Waals surface area (Å²) >= 11 is 6.07. The molecule has 2 aromatic rings. The minimum Gasteiger partial charge on any atom is -0.363 e. The summed E-state index contributed by atoms with van der Waals surface area (Å²) in [7, 11) is 0. The van der Waals surface area contributed by atoms with Crippen LogP contribution in [0.2, 0.25) is 5.15 Å². The van der Waals surface area contributed by atoms with Crippen molar-refractivity contribution in [3.63, 3.8) is 0 Å². The van der Waals surface area contributed by atoms with Gasteiger partial charge in [0.05, 0.1) is 0 Å². The van der Waals surface area contributed by atoms with Gasteiger partial charge >= 0.3 is 0 Å². The highest BCUT2D eigenvalue weighted by Gasteiger charge is 2.38. The van der Waals surface area contributed by atoms with Crippen LogP contribution in [0, 0.1) is 5.92 Å². The van der Waals surface area contributed by atoms with E-state index >= 15 is 0 Å². The summed E-state index contributed by atoms with van der Waals surface area (Å²) in [5, 5.41) is 14.2. The molecule has 0 aliphatic heterocycles. The molecule has 3 rings (SSSR count). The van der Waals surface area contributed by atoms with Crippen LogP contribution in [0.25, 0.3) is 10.8 Å². The van der Waals surface area contributed by atoms with Crippen molar-refractivity contribution in [2.45, 2.75) is 32.2 Å². The lowest BCUT2D eigenvalue weighted by molar-refractivity contribution is 0.492. The topological polar surface area (TPSA) is 37.8 Å². The SMILES string of the molecule is CC(C)(Nc1nnc(Cl)c2ccccc12)C1CC1. The molecule has 3 nitrogen and oxygen atoms in total. The lowest BCUT2D eigenvalue weighted by Gasteiger charge is -2.27. The molecule has 0 atom stereocenters. The molecule has 1 saturated carbocycles. The number of halogens is 1. The minimum atomic E-state index is 0.0608. The van der Waals surface area contributed by atoms with Crippen molar-refractivity contribution >= 4 is 28.2 Å². The minimum absolute atomic E-state index is 0.0608. The van der Waals surface area contributed by atoms with Gasteiger partial charge in [-0.2, -0.15) is 0 Å². The molecule has 4 heteroatoms. The van der Waals surface area contributed by atoms with Crippen LogP contribution >= 0.6 is 11.6 Å². The van der Waals surface area contributed by atoms with Crippen molar-refractivity contribution < 1.29 is 0 Å². The molecular formula is C14H16ClN3. The molecule has 0 bridgehead atoms. The van der Waals surface area contributed by atoms with Crippen LogP contribution in [0.1, 0.15) is 26.7 Å². The largest absolute Gasteiger partial charge is 0.363 e. The molecule has 1 aliphatic carbocycles. The number of anilines is 1. The number of benzene rings is 1. The Morgan fingerprint density at radius 3 is 2.50 bits per heavy atom. The molecule has 94 valence electrons. The van der Waals surface area contributed by atoms with Gasteiger partial charge in [0.15, 0.2) is 11.0 Å². The molecule has 0 saturated heterocycles. The first kappa shape index (κ1) is 11.7. The molecule has 1 aromatic heterocycles. The maximum atomic E-state index is 6.07. The Morgan fingerprint density at radius 1 is 1.17 bits per heavy atom. The predicted molar refractivity (Wildman–Crippen MR) is 75.0 cm³/mol. The normalized spacial score (nSPS) is 15.9. The van der Waals surface area contributed by atoms with E-state index in [2.05, 4.69) is 29.4 Å². The van der Waals surface area contributed by atoms with E-state index in [9.17, 15) is 0 Å². The van der Waals surface area contributed by atoms with Gasteiger partial charge < -0.3 is 5.32 Å². The zero-order valence-electron chi connectivity index (χ0n) is 10.6. The van der Waals surface area contributed by atoms with E-state index in [1.807, 2.05) is 24.3 Å². The van der Waals surface area contributed by atoms with E-state index in [0.29, 0.717) is 5.15 Å². The van der Waals surface area contributed by atoms with Crippen LogP contribution in [0.5, 0.6) is 0 Å². The molecule has 1 N–H and O–H groups in total. The smallest absolute Gasteiger partial charge is 0.159 e. The average molecular weight is 262 g/mol. The third-order valence-electron chi connectivity index (χ3n) is 3.68. The average Bonchev–Trinajstić information content (AvgIpc) is 3.17. The highest BCUT2D eigenvalue weighted by molar-refractivity contribution is 6.34. The summed E-state index contributed by atoms with van der Waals surface area (Å²) < 4.78 is 0. The van der Waals surface area contributed by atoms with E-state index in [1.165, 1.54) is 12.8 Å². The van der Waals surface area contributed by atoms with Crippen LogP contribution in [-0.4, -0.2) is 15.7 Å². The molecule has 0 unspecified atom stereocenters. The van der Waals surface area contributed by atoms with Crippen molar-refractivity contribution in [3.8, 4) is 0 Å². The number of nitrogens with one attached hydrogen (secondary N) is 1. The zero-order valence-corrected chi connectivity index (χ0v) is 11.3. The molecule has 0 amide bonds. The monoisotopic (exact) mass is 261 g/mol. The molecule has 1 fully saturated rings. The first-order valence-corrected chi connectivity index (χ1v) is 6.65. The summed E-state index contributed by atoms with van der Waals surface area (Å²) in [4.78, 5) is 0.